The van der Waals surface area contributed by atoms with Crippen LogP contribution in [0.4, 0.5) is 0 Å². The van der Waals surface area contributed by atoms with Crippen molar-refractivity contribution < 1.29 is 13.8 Å². The summed E-state index contributed by atoms with van der Waals surface area (Å²) in [5.74, 6) is 0.0827. The number of para-hydroxylation sites is 3. The summed E-state index contributed by atoms with van der Waals surface area (Å²) in [6, 6.07) is 30.4. The Morgan fingerprint density at radius 2 is 1.65 bits per heavy atom. The fourth-order valence-corrected chi connectivity index (χ4v) is 4.94. The first-order chi connectivity index (χ1) is 16.6. The number of carbonyl (C=O) groups excluding carboxylic acids is 1. The molecule has 2 heterocycles. The number of ketones is 1. The molecule has 0 fully saturated rings. The molecule has 34 heavy (non-hydrogen) atoms. The molecule has 0 saturated heterocycles. The second kappa shape index (κ2) is 8.26. The van der Waals surface area contributed by atoms with Crippen LogP contribution in [0.2, 0.25) is 0 Å². The van der Waals surface area contributed by atoms with E-state index in [1.165, 1.54) is 5.56 Å². The average Bonchev–Trinajstić information content (AvgIpc) is 3.42. The maximum atomic E-state index is 13.0. The minimum Gasteiger partial charge on any atom is -0.456 e. The van der Waals surface area contributed by atoms with Gasteiger partial charge in [0.05, 0.1) is 0 Å². The monoisotopic (exact) mass is 509 g/mol. The predicted octanol–water partition coefficient (Wildman–Crippen LogP) is 7.08. The SMILES string of the molecule is CC(c1ccc2oc3ccccc3c2c1)n1c[n+](CC(=O)c2ccc(Br)cc2)c2ccccc21. The lowest BCUT2D eigenvalue weighted by Gasteiger charge is -2.09. The van der Waals surface area contributed by atoms with E-state index in [2.05, 4.69) is 70.1 Å². The third-order valence-electron chi connectivity index (χ3n) is 6.51. The normalized spacial score (nSPS) is 12.5. The van der Waals surface area contributed by atoms with Gasteiger partial charge in [-0.3, -0.25) is 4.79 Å². The first-order valence-electron chi connectivity index (χ1n) is 11.3. The lowest BCUT2D eigenvalue weighted by atomic mass is 10.0. The van der Waals surface area contributed by atoms with Crippen LogP contribution in [0.25, 0.3) is 33.0 Å². The van der Waals surface area contributed by atoms with E-state index >= 15 is 0 Å². The Morgan fingerprint density at radius 1 is 0.912 bits per heavy atom. The second-order valence-electron chi connectivity index (χ2n) is 8.60. The predicted molar refractivity (Wildman–Crippen MR) is 138 cm³/mol. The number of hydrogen-bond acceptors (Lipinski definition) is 2. The van der Waals surface area contributed by atoms with E-state index in [1.54, 1.807) is 0 Å². The third-order valence-corrected chi connectivity index (χ3v) is 7.04. The molecule has 5 heteroatoms. The molecule has 2 aromatic heterocycles. The van der Waals surface area contributed by atoms with Gasteiger partial charge in [-0.05, 0) is 55.0 Å². The third kappa shape index (κ3) is 3.53. The van der Waals surface area contributed by atoms with Crippen LogP contribution in [0.1, 0.15) is 28.9 Å². The van der Waals surface area contributed by atoms with Crippen molar-refractivity contribution in [1.29, 1.82) is 0 Å². The van der Waals surface area contributed by atoms with Crippen molar-refractivity contribution in [2.75, 3.05) is 0 Å². The van der Waals surface area contributed by atoms with E-state index in [0.29, 0.717) is 5.56 Å². The van der Waals surface area contributed by atoms with Crippen molar-refractivity contribution in [3.63, 3.8) is 0 Å². The summed E-state index contributed by atoms with van der Waals surface area (Å²) in [6.45, 7) is 2.48. The lowest BCUT2D eigenvalue weighted by molar-refractivity contribution is -0.658. The summed E-state index contributed by atoms with van der Waals surface area (Å²) in [6.07, 6.45) is 2.06. The Bertz CT molecular complexity index is 1680. The molecule has 0 saturated carbocycles. The van der Waals surface area contributed by atoms with Crippen molar-refractivity contribution in [2.24, 2.45) is 0 Å². The molecule has 6 aromatic rings. The van der Waals surface area contributed by atoms with Crippen molar-refractivity contribution in [3.8, 4) is 0 Å². The second-order valence-corrected chi connectivity index (χ2v) is 9.51. The number of benzene rings is 4. The molecule has 4 nitrogen and oxygen atoms in total. The van der Waals surface area contributed by atoms with Crippen LogP contribution in [0.3, 0.4) is 0 Å². The van der Waals surface area contributed by atoms with Gasteiger partial charge in [-0.25, -0.2) is 9.13 Å². The number of hydrogen-bond donors (Lipinski definition) is 0. The van der Waals surface area contributed by atoms with Gasteiger partial charge in [-0.2, -0.15) is 0 Å². The fraction of sp³-hybridized carbons (Fsp3) is 0.103. The average molecular weight is 510 g/mol. The summed E-state index contributed by atoms with van der Waals surface area (Å²) >= 11 is 3.44. The Balaban J connectivity index is 1.40. The Hall–Kier alpha value is -3.70. The molecule has 1 unspecified atom stereocenters. The minimum absolute atomic E-state index is 0.0759. The molecule has 0 radical (unpaired) electrons. The van der Waals surface area contributed by atoms with Gasteiger partial charge >= 0.3 is 0 Å². The molecular weight excluding hydrogens is 488 g/mol. The number of rotatable bonds is 5. The van der Waals surface area contributed by atoms with Gasteiger partial charge in [0, 0.05) is 20.8 Å². The first-order valence-corrected chi connectivity index (χ1v) is 12.1. The molecule has 4 aromatic carbocycles. The highest BCUT2D eigenvalue weighted by molar-refractivity contribution is 9.10. The summed E-state index contributed by atoms with van der Waals surface area (Å²) in [7, 11) is 0. The van der Waals surface area contributed by atoms with Crippen LogP contribution in [-0.4, -0.2) is 10.4 Å². The molecule has 0 spiro atoms. The number of aromatic nitrogens is 2. The van der Waals surface area contributed by atoms with Crippen molar-refractivity contribution >= 4 is 54.7 Å². The molecule has 0 N–H and O–H groups in total. The lowest BCUT2D eigenvalue weighted by Crippen LogP contribution is -2.37. The van der Waals surface area contributed by atoms with Gasteiger partial charge in [-0.15, -0.1) is 0 Å². The van der Waals surface area contributed by atoms with Crippen LogP contribution in [0, 0.1) is 0 Å². The van der Waals surface area contributed by atoms with Crippen LogP contribution in [-0.2, 0) is 6.54 Å². The van der Waals surface area contributed by atoms with Crippen molar-refractivity contribution in [1.82, 2.24) is 4.57 Å². The zero-order chi connectivity index (χ0) is 23.2. The van der Waals surface area contributed by atoms with E-state index in [0.717, 1.165) is 37.4 Å². The number of Topliss-reactive ketones (excluding diaryl/α,β-unsaturated/α-hetero) is 1. The zero-order valence-electron chi connectivity index (χ0n) is 18.6. The molecule has 0 aliphatic heterocycles. The van der Waals surface area contributed by atoms with Gasteiger partial charge in [0.25, 0.3) is 0 Å². The summed E-state index contributed by atoms with van der Waals surface area (Å²) in [4.78, 5) is 13.0. The van der Waals surface area contributed by atoms with Gasteiger partial charge in [0.2, 0.25) is 12.1 Å². The van der Waals surface area contributed by atoms with Crippen molar-refractivity contribution in [3.05, 3.63) is 113 Å². The van der Waals surface area contributed by atoms with Gasteiger partial charge < -0.3 is 4.42 Å². The van der Waals surface area contributed by atoms with E-state index < -0.39 is 0 Å². The molecular formula is C29H22BrN2O2+. The van der Waals surface area contributed by atoms with E-state index in [-0.39, 0.29) is 18.4 Å². The highest BCUT2D eigenvalue weighted by Gasteiger charge is 2.23. The first kappa shape index (κ1) is 20.9. The number of nitrogens with zero attached hydrogens (tertiary/aromatic N) is 2. The molecule has 0 amide bonds. The molecule has 1 atom stereocenters. The molecule has 6 rings (SSSR count). The number of furan rings is 1. The summed E-state index contributed by atoms with van der Waals surface area (Å²) in [5, 5.41) is 2.24. The Labute approximate surface area is 205 Å². The molecule has 0 bridgehead atoms. The Morgan fingerprint density at radius 3 is 2.50 bits per heavy atom. The minimum atomic E-state index is 0.0759. The summed E-state index contributed by atoms with van der Waals surface area (Å²) < 4.78 is 11.3. The standard InChI is InChI=1S/C29H22BrN2O2/c1-19(21-12-15-29-24(16-21)23-6-2-5-9-28(23)34-29)32-18-31(25-7-3-4-8-26(25)32)17-27(33)20-10-13-22(30)14-11-20/h2-16,18-19H,17H2,1H3/q+1. The van der Waals surface area contributed by atoms with Crippen LogP contribution >= 0.6 is 15.9 Å². The number of imidazole rings is 1. The van der Waals surface area contributed by atoms with Crippen LogP contribution in [0.15, 0.2) is 106 Å². The fourth-order valence-electron chi connectivity index (χ4n) is 4.68. The van der Waals surface area contributed by atoms with Gasteiger partial charge in [0.15, 0.2) is 17.6 Å². The number of halogens is 1. The summed E-state index contributed by atoms with van der Waals surface area (Å²) in [5.41, 5.74) is 5.82. The Kier molecular flexibility index (Phi) is 5.07. The van der Waals surface area contributed by atoms with Gasteiger partial charge in [0.1, 0.15) is 17.2 Å². The smallest absolute Gasteiger partial charge is 0.245 e. The molecule has 0 aliphatic carbocycles. The largest absolute Gasteiger partial charge is 0.456 e. The van der Waals surface area contributed by atoms with E-state index in [4.69, 9.17) is 4.42 Å². The zero-order valence-corrected chi connectivity index (χ0v) is 20.2. The van der Waals surface area contributed by atoms with Crippen LogP contribution in [0.5, 0.6) is 0 Å². The maximum absolute atomic E-state index is 13.0. The number of carbonyl (C=O) groups is 1. The maximum Gasteiger partial charge on any atom is 0.245 e. The highest BCUT2D eigenvalue weighted by Crippen LogP contribution is 2.32. The molecule has 166 valence electrons. The van der Waals surface area contributed by atoms with Crippen molar-refractivity contribution in [2.45, 2.75) is 19.5 Å². The van der Waals surface area contributed by atoms with E-state index in [1.807, 2.05) is 59.2 Å². The van der Waals surface area contributed by atoms with E-state index in [9.17, 15) is 4.79 Å². The quantitative estimate of drug-likeness (QED) is 0.184. The molecule has 0 aliphatic rings. The highest BCUT2D eigenvalue weighted by atomic mass is 79.9. The number of fused-ring (bicyclic) bond motifs is 4. The van der Waals surface area contributed by atoms with Crippen LogP contribution < -0.4 is 4.57 Å². The van der Waals surface area contributed by atoms with Gasteiger partial charge in [-0.1, -0.05) is 64.5 Å². The topological polar surface area (TPSA) is 39.0 Å².